The molecule has 97 valence electrons. The molecule has 2 nitrogen and oxygen atoms in total. The van der Waals surface area contributed by atoms with Crippen LogP contribution in [0.5, 0.6) is 5.75 Å². The normalized spacial score (nSPS) is 15.1. The minimum atomic E-state index is -0.0495. The van der Waals surface area contributed by atoms with Crippen LogP contribution in [0.4, 0.5) is 0 Å². The van der Waals surface area contributed by atoms with E-state index in [0.717, 1.165) is 11.9 Å². The van der Waals surface area contributed by atoms with Crippen LogP contribution in [0, 0.1) is 0 Å². The summed E-state index contributed by atoms with van der Waals surface area (Å²) in [6.07, 6.45) is 2.75. The van der Waals surface area contributed by atoms with Gasteiger partial charge in [0.05, 0.1) is 5.56 Å². The summed E-state index contributed by atoms with van der Waals surface area (Å²) in [5, 5.41) is 0. The number of hydrogen-bond donors (Lipinski definition) is 0. The number of allylic oxidation sites excluding steroid dienone is 1. The Kier molecular flexibility index (Phi) is 3.42. The fraction of sp³-hybridized carbons (Fsp3) is 0.118. The average molecular weight is 261 g/mol. The highest BCUT2D eigenvalue weighted by molar-refractivity contribution is 6.32. The van der Waals surface area contributed by atoms with Gasteiger partial charge in [-0.15, -0.1) is 0 Å². The Labute approximate surface area is 119 Å². The average Bonchev–Trinajstić information content (AvgIpc) is 2.79. The summed E-state index contributed by atoms with van der Waals surface area (Å²) in [7, 11) is 2.12. The minimum Gasteiger partial charge on any atom is -0.452 e. The zero-order valence-electron chi connectivity index (χ0n) is 11.3. The lowest BCUT2D eigenvalue weighted by molar-refractivity contribution is 0.101. The second-order valence-corrected chi connectivity index (χ2v) is 4.79. The van der Waals surface area contributed by atoms with Gasteiger partial charge in [-0.1, -0.05) is 55.1 Å². The summed E-state index contributed by atoms with van der Waals surface area (Å²) in [6.45, 7) is 2.04. The highest BCUT2D eigenvalue weighted by Gasteiger charge is 2.26. The van der Waals surface area contributed by atoms with Crippen LogP contribution >= 0.6 is 0 Å². The molecule has 1 aliphatic rings. The SMILES string of the molecule is C[B]Cc1ccc(/C=C2\Oc3ccccc3C2=O)cc1. The molecular weight excluding hydrogens is 247 g/mol. The van der Waals surface area contributed by atoms with Gasteiger partial charge in [0.25, 0.3) is 0 Å². The highest BCUT2D eigenvalue weighted by atomic mass is 16.5. The van der Waals surface area contributed by atoms with Crippen LogP contribution < -0.4 is 4.74 Å². The summed E-state index contributed by atoms with van der Waals surface area (Å²) in [4.78, 5) is 12.2. The molecule has 0 saturated heterocycles. The minimum absolute atomic E-state index is 0.0495. The zero-order valence-corrected chi connectivity index (χ0v) is 11.3. The van der Waals surface area contributed by atoms with Gasteiger partial charge in [-0.25, -0.2) is 0 Å². The van der Waals surface area contributed by atoms with Crippen molar-refractivity contribution in [3.8, 4) is 5.75 Å². The first-order valence-corrected chi connectivity index (χ1v) is 6.68. The van der Waals surface area contributed by atoms with Crippen molar-refractivity contribution in [2.24, 2.45) is 0 Å². The van der Waals surface area contributed by atoms with Crippen LogP contribution in [-0.4, -0.2) is 13.1 Å². The van der Waals surface area contributed by atoms with Gasteiger partial charge in [0.1, 0.15) is 13.0 Å². The maximum Gasteiger partial charge on any atom is 0.231 e. The fourth-order valence-corrected chi connectivity index (χ4v) is 2.27. The summed E-state index contributed by atoms with van der Waals surface area (Å²) in [5.74, 6) is 0.980. The molecule has 0 amide bonds. The summed E-state index contributed by atoms with van der Waals surface area (Å²) < 4.78 is 5.61. The molecule has 1 aliphatic heterocycles. The Morgan fingerprint density at radius 3 is 2.55 bits per heavy atom. The van der Waals surface area contributed by atoms with E-state index in [1.807, 2.05) is 37.2 Å². The largest absolute Gasteiger partial charge is 0.452 e. The van der Waals surface area contributed by atoms with Crippen molar-refractivity contribution in [3.63, 3.8) is 0 Å². The number of fused-ring (bicyclic) bond motifs is 1. The van der Waals surface area contributed by atoms with E-state index in [-0.39, 0.29) is 5.78 Å². The topological polar surface area (TPSA) is 26.3 Å². The Hall–Kier alpha value is -2.29. The van der Waals surface area contributed by atoms with Gasteiger partial charge < -0.3 is 4.74 Å². The number of carbonyl (C=O) groups is 1. The third-order valence-corrected chi connectivity index (χ3v) is 3.29. The van der Waals surface area contributed by atoms with Gasteiger partial charge in [-0.05, 0) is 23.8 Å². The molecule has 0 aliphatic carbocycles. The first-order valence-electron chi connectivity index (χ1n) is 6.68. The Morgan fingerprint density at radius 1 is 1.10 bits per heavy atom. The lowest BCUT2D eigenvalue weighted by Crippen LogP contribution is -1.98. The molecule has 0 bridgehead atoms. The van der Waals surface area contributed by atoms with Crippen molar-refractivity contribution >= 4 is 19.1 Å². The third-order valence-electron chi connectivity index (χ3n) is 3.29. The standard InChI is InChI=1S/C17H14BO2/c1-18-11-13-8-6-12(7-9-13)10-16-17(19)14-4-2-3-5-15(14)20-16/h2-10H,11H2,1H3/b16-10-. The molecule has 3 heteroatoms. The van der Waals surface area contributed by atoms with Crippen LogP contribution in [0.2, 0.25) is 6.82 Å². The number of ether oxygens (including phenoxy) is 1. The maximum atomic E-state index is 12.2. The molecule has 0 saturated carbocycles. The number of carbonyl (C=O) groups excluding carboxylic acids is 1. The molecule has 0 spiro atoms. The second kappa shape index (κ2) is 5.37. The van der Waals surface area contributed by atoms with E-state index < -0.39 is 0 Å². The van der Waals surface area contributed by atoms with Gasteiger partial charge in [-0.2, -0.15) is 0 Å². The van der Waals surface area contributed by atoms with Gasteiger partial charge in [0, 0.05) is 0 Å². The monoisotopic (exact) mass is 261 g/mol. The van der Waals surface area contributed by atoms with Crippen LogP contribution in [-0.2, 0) is 6.32 Å². The van der Waals surface area contributed by atoms with E-state index in [2.05, 4.69) is 19.4 Å². The molecule has 2 aromatic carbocycles. The number of Topliss-reactive ketones (excluding diaryl/α,β-unsaturated/α-hetero) is 1. The van der Waals surface area contributed by atoms with Crippen LogP contribution in [0.3, 0.4) is 0 Å². The van der Waals surface area contributed by atoms with E-state index in [9.17, 15) is 4.79 Å². The van der Waals surface area contributed by atoms with Crippen molar-refractivity contribution in [2.45, 2.75) is 13.1 Å². The molecule has 20 heavy (non-hydrogen) atoms. The summed E-state index contributed by atoms with van der Waals surface area (Å²) in [5.41, 5.74) is 2.87. The van der Waals surface area contributed by atoms with E-state index in [1.165, 1.54) is 5.56 Å². The highest BCUT2D eigenvalue weighted by Crippen LogP contribution is 2.31. The van der Waals surface area contributed by atoms with Crippen molar-refractivity contribution in [3.05, 3.63) is 71.0 Å². The molecule has 3 rings (SSSR count). The quantitative estimate of drug-likeness (QED) is 0.623. The molecule has 1 radical (unpaired) electrons. The molecule has 0 aromatic heterocycles. The van der Waals surface area contributed by atoms with E-state index in [0.29, 0.717) is 17.1 Å². The first-order chi connectivity index (χ1) is 9.78. The molecule has 0 unspecified atom stereocenters. The Bertz CT molecular complexity index is 672. The third kappa shape index (κ3) is 2.39. The second-order valence-electron chi connectivity index (χ2n) is 4.79. The zero-order chi connectivity index (χ0) is 13.9. The predicted octanol–water partition coefficient (Wildman–Crippen LogP) is 3.56. The molecular formula is C17H14BO2. The van der Waals surface area contributed by atoms with Crippen molar-refractivity contribution in [1.29, 1.82) is 0 Å². The van der Waals surface area contributed by atoms with E-state index in [4.69, 9.17) is 4.74 Å². The fourth-order valence-electron chi connectivity index (χ4n) is 2.27. The van der Waals surface area contributed by atoms with Gasteiger partial charge >= 0.3 is 0 Å². The lowest BCUT2D eigenvalue weighted by Gasteiger charge is -2.00. The first kappa shape index (κ1) is 12.7. The number of hydrogen-bond acceptors (Lipinski definition) is 2. The van der Waals surface area contributed by atoms with Crippen molar-refractivity contribution < 1.29 is 9.53 Å². The van der Waals surface area contributed by atoms with E-state index >= 15 is 0 Å². The summed E-state index contributed by atoms with van der Waals surface area (Å²) in [6, 6.07) is 15.5. The number of ketones is 1. The number of para-hydroxylation sites is 1. The van der Waals surface area contributed by atoms with Crippen molar-refractivity contribution in [2.75, 3.05) is 0 Å². The number of rotatable bonds is 3. The smallest absolute Gasteiger partial charge is 0.231 e. The molecule has 0 N–H and O–H groups in total. The van der Waals surface area contributed by atoms with Gasteiger partial charge in [0.15, 0.2) is 5.76 Å². The van der Waals surface area contributed by atoms with Crippen LogP contribution in [0.1, 0.15) is 21.5 Å². The van der Waals surface area contributed by atoms with Crippen LogP contribution in [0.15, 0.2) is 54.3 Å². The summed E-state index contributed by atoms with van der Waals surface area (Å²) >= 11 is 0. The molecule has 2 aromatic rings. The van der Waals surface area contributed by atoms with Gasteiger partial charge in [-0.3, -0.25) is 4.79 Å². The molecule has 1 heterocycles. The Morgan fingerprint density at radius 2 is 1.85 bits per heavy atom. The van der Waals surface area contributed by atoms with Crippen LogP contribution in [0.25, 0.3) is 6.08 Å². The lowest BCUT2D eigenvalue weighted by atomic mass is 9.75. The number of benzene rings is 2. The van der Waals surface area contributed by atoms with E-state index in [1.54, 1.807) is 12.1 Å². The Balaban J connectivity index is 1.85. The van der Waals surface area contributed by atoms with Crippen molar-refractivity contribution in [1.82, 2.24) is 0 Å². The predicted molar refractivity (Wildman–Crippen MR) is 81.1 cm³/mol. The van der Waals surface area contributed by atoms with Gasteiger partial charge in [0.2, 0.25) is 5.78 Å². The maximum absolute atomic E-state index is 12.2. The molecule has 0 fully saturated rings. The molecule has 0 atom stereocenters.